The second kappa shape index (κ2) is 3.94. The van der Waals surface area contributed by atoms with E-state index < -0.39 is 0 Å². The molecule has 0 saturated carbocycles. The molecule has 0 aliphatic heterocycles. The van der Waals surface area contributed by atoms with E-state index >= 15 is 0 Å². The van der Waals surface area contributed by atoms with Crippen molar-refractivity contribution in [2.45, 2.75) is 27.6 Å². The summed E-state index contributed by atoms with van der Waals surface area (Å²) in [6.45, 7) is 7.99. The quantitative estimate of drug-likeness (QED) is 0.629. The summed E-state index contributed by atoms with van der Waals surface area (Å²) in [4.78, 5) is 0. The summed E-state index contributed by atoms with van der Waals surface area (Å²) >= 11 is 12.3. The average molecular weight is 214 g/mol. The maximum Gasteiger partial charge on any atom is 0.149 e. The SMILES string of the molecule is C[B]c1c(C)c(Cl)c(C)c(Cl)c1C. The van der Waals surface area contributed by atoms with Crippen molar-refractivity contribution in [2.75, 3.05) is 0 Å². The molecule has 0 amide bonds. The van der Waals surface area contributed by atoms with E-state index in [0.29, 0.717) is 0 Å². The number of rotatable bonds is 1. The fourth-order valence-corrected chi connectivity index (χ4v) is 2.05. The van der Waals surface area contributed by atoms with E-state index in [0.717, 1.165) is 32.2 Å². The zero-order valence-corrected chi connectivity index (χ0v) is 9.85. The molecule has 1 radical (unpaired) electrons. The Labute approximate surface area is 90.5 Å². The lowest BCUT2D eigenvalue weighted by Crippen LogP contribution is -2.20. The molecule has 0 aliphatic rings. The fourth-order valence-electron chi connectivity index (χ4n) is 1.61. The molecule has 13 heavy (non-hydrogen) atoms. The zero-order chi connectivity index (χ0) is 10.2. The Morgan fingerprint density at radius 2 is 1.23 bits per heavy atom. The van der Waals surface area contributed by atoms with Crippen LogP contribution in [-0.2, 0) is 0 Å². The van der Waals surface area contributed by atoms with Gasteiger partial charge in [0.25, 0.3) is 0 Å². The molecule has 0 fully saturated rings. The minimum absolute atomic E-state index is 0.781. The molecule has 0 atom stereocenters. The third-order valence-corrected chi connectivity index (χ3v) is 3.55. The van der Waals surface area contributed by atoms with Gasteiger partial charge in [-0.15, -0.1) is 0 Å². The van der Waals surface area contributed by atoms with Gasteiger partial charge in [-0.05, 0) is 37.5 Å². The van der Waals surface area contributed by atoms with Gasteiger partial charge < -0.3 is 0 Å². The Morgan fingerprint density at radius 3 is 1.54 bits per heavy atom. The van der Waals surface area contributed by atoms with Gasteiger partial charge in [0.05, 0.1) is 0 Å². The van der Waals surface area contributed by atoms with Crippen LogP contribution in [0.4, 0.5) is 0 Å². The molecule has 0 N–H and O–H groups in total. The van der Waals surface area contributed by atoms with Crippen molar-refractivity contribution < 1.29 is 0 Å². The van der Waals surface area contributed by atoms with E-state index in [1.165, 1.54) is 0 Å². The summed E-state index contributed by atoms with van der Waals surface area (Å²) in [5.41, 5.74) is 4.36. The van der Waals surface area contributed by atoms with E-state index in [1.54, 1.807) is 0 Å². The summed E-state index contributed by atoms with van der Waals surface area (Å²) in [6.07, 6.45) is 0. The van der Waals surface area contributed by atoms with E-state index in [9.17, 15) is 0 Å². The highest BCUT2D eigenvalue weighted by molar-refractivity contribution is 6.55. The van der Waals surface area contributed by atoms with Gasteiger partial charge in [-0.25, -0.2) is 0 Å². The highest BCUT2D eigenvalue weighted by Gasteiger charge is 2.12. The minimum atomic E-state index is 0.781. The molecule has 3 heteroatoms. The first-order valence-corrected chi connectivity index (χ1v) is 5.00. The maximum atomic E-state index is 6.13. The average Bonchev–Trinajstić information content (AvgIpc) is 2.13. The Hall–Kier alpha value is -0.135. The summed E-state index contributed by atoms with van der Waals surface area (Å²) in [5.74, 6) is 0. The van der Waals surface area contributed by atoms with E-state index in [4.69, 9.17) is 23.2 Å². The van der Waals surface area contributed by atoms with Crippen molar-refractivity contribution >= 4 is 35.9 Å². The van der Waals surface area contributed by atoms with E-state index in [1.807, 2.05) is 34.9 Å². The molecular formula is C10H12BCl2. The summed E-state index contributed by atoms with van der Waals surface area (Å²) in [7, 11) is 2.04. The Morgan fingerprint density at radius 1 is 0.846 bits per heavy atom. The van der Waals surface area contributed by atoms with Crippen LogP contribution < -0.4 is 5.46 Å². The lowest BCUT2D eigenvalue weighted by atomic mass is 9.68. The van der Waals surface area contributed by atoms with Crippen LogP contribution in [0.1, 0.15) is 16.7 Å². The number of hydrogen-bond donors (Lipinski definition) is 0. The largest absolute Gasteiger partial charge is 0.149 e. The molecule has 0 saturated heterocycles. The highest BCUT2D eigenvalue weighted by atomic mass is 35.5. The lowest BCUT2D eigenvalue weighted by molar-refractivity contribution is 1.35. The molecular weight excluding hydrogens is 202 g/mol. The van der Waals surface area contributed by atoms with Crippen LogP contribution in [0.15, 0.2) is 0 Å². The van der Waals surface area contributed by atoms with Crippen molar-refractivity contribution in [3.63, 3.8) is 0 Å². The van der Waals surface area contributed by atoms with Crippen LogP contribution in [0.25, 0.3) is 0 Å². The van der Waals surface area contributed by atoms with Gasteiger partial charge in [-0.3, -0.25) is 0 Å². The molecule has 0 heterocycles. The fraction of sp³-hybridized carbons (Fsp3) is 0.400. The minimum Gasteiger partial charge on any atom is -0.0872 e. The normalized spacial score (nSPS) is 10.3. The molecule has 0 unspecified atom stereocenters. The smallest absolute Gasteiger partial charge is 0.0872 e. The van der Waals surface area contributed by atoms with Gasteiger partial charge in [0.1, 0.15) is 7.28 Å². The monoisotopic (exact) mass is 213 g/mol. The molecule has 1 rings (SSSR count). The summed E-state index contributed by atoms with van der Waals surface area (Å²) in [5, 5.41) is 1.56. The van der Waals surface area contributed by atoms with Gasteiger partial charge in [-0.2, -0.15) is 0 Å². The first-order chi connectivity index (χ1) is 6.00. The van der Waals surface area contributed by atoms with E-state index in [2.05, 4.69) is 0 Å². The van der Waals surface area contributed by atoms with Gasteiger partial charge in [0, 0.05) is 10.0 Å². The van der Waals surface area contributed by atoms with Crippen LogP contribution in [0.2, 0.25) is 16.9 Å². The van der Waals surface area contributed by atoms with Gasteiger partial charge in [-0.1, -0.05) is 35.5 Å². The molecule has 0 aliphatic carbocycles. The number of halogens is 2. The molecule has 0 aromatic heterocycles. The Kier molecular flexibility index (Phi) is 3.31. The first kappa shape index (κ1) is 10.9. The summed E-state index contributed by atoms with van der Waals surface area (Å²) < 4.78 is 0. The molecule has 1 aromatic carbocycles. The van der Waals surface area contributed by atoms with Crippen LogP contribution in [0, 0.1) is 20.8 Å². The number of hydrogen-bond acceptors (Lipinski definition) is 0. The molecule has 0 bridgehead atoms. The molecule has 0 nitrogen and oxygen atoms in total. The third-order valence-electron chi connectivity index (χ3n) is 2.41. The standard InChI is InChI=1S/C10H12BCl2/c1-5-8(11-4)6(2)10(13)7(3)9(5)12/h1-4H3. The van der Waals surface area contributed by atoms with Crippen LogP contribution in [-0.4, -0.2) is 7.28 Å². The van der Waals surface area contributed by atoms with Crippen molar-refractivity contribution in [1.29, 1.82) is 0 Å². The zero-order valence-electron chi connectivity index (χ0n) is 8.33. The van der Waals surface area contributed by atoms with Gasteiger partial charge in [0.2, 0.25) is 0 Å². The lowest BCUT2D eigenvalue weighted by Gasteiger charge is -2.14. The first-order valence-electron chi connectivity index (χ1n) is 4.24. The van der Waals surface area contributed by atoms with Crippen LogP contribution in [0.3, 0.4) is 0 Å². The predicted octanol–water partition coefficient (Wildman–Crippen LogP) is 3.30. The second-order valence-electron chi connectivity index (χ2n) is 3.21. The summed E-state index contributed by atoms with van der Waals surface area (Å²) in [6, 6.07) is 0. The predicted molar refractivity (Wildman–Crippen MR) is 61.9 cm³/mol. The third kappa shape index (κ3) is 1.73. The van der Waals surface area contributed by atoms with Crippen LogP contribution in [0.5, 0.6) is 0 Å². The second-order valence-corrected chi connectivity index (χ2v) is 3.96. The van der Waals surface area contributed by atoms with Crippen LogP contribution >= 0.6 is 23.2 Å². The molecule has 1 aromatic rings. The van der Waals surface area contributed by atoms with Crippen molar-refractivity contribution in [1.82, 2.24) is 0 Å². The van der Waals surface area contributed by atoms with E-state index in [-0.39, 0.29) is 0 Å². The van der Waals surface area contributed by atoms with Crippen molar-refractivity contribution in [3.8, 4) is 0 Å². The van der Waals surface area contributed by atoms with Crippen molar-refractivity contribution in [2.24, 2.45) is 0 Å². The van der Waals surface area contributed by atoms with Gasteiger partial charge in [0.15, 0.2) is 0 Å². The topological polar surface area (TPSA) is 0 Å². The molecule has 0 spiro atoms. The molecule has 69 valence electrons. The highest BCUT2D eigenvalue weighted by Crippen LogP contribution is 2.28. The Balaban J connectivity index is 3.56. The van der Waals surface area contributed by atoms with Gasteiger partial charge >= 0.3 is 0 Å². The maximum absolute atomic E-state index is 6.13. The Bertz CT molecular complexity index is 316. The number of benzene rings is 1. The van der Waals surface area contributed by atoms with Crippen molar-refractivity contribution in [3.05, 3.63) is 26.7 Å².